The fraction of sp³-hybridized carbons (Fsp3) is 0.0769. The van der Waals surface area contributed by atoms with E-state index >= 15 is 0 Å². The standard InChI is InChI=1S/C13H12.BrH.Zn/c1-11-7-5-6-10-13(11)12-8-3-2-4-9-12;;/h2-10H,1H3;1H;/q;;+1/p-1. The molecule has 0 saturated heterocycles. The SMILES string of the molecule is Cc1ccccc1-c1ccccc1.[Zn][Br]. The number of rotatable bonds is 1. The quantitative estimate of drug-likeness (QED) is 0.680. The fourth-order valence-electron chi connectivity index (χ4n) is 1.51. The molecule has 0 amide bonds. The summed E-state index contributed by atoms with van der Waals surface area (Å²) in [5, 5.41) is 0. The molecule has 2 aromatic rings. The third-order valence-corrected chi connectivity index (χ3v) is 2.23. The summed E-state index contributed by atoms with van der Waals surface area (Å²) in [5.74, 6) is 0. The second kappa shape index (κ2) is 6.92. The summed E-state index contributed by atoms with van der Waals surface area (Å²) in [4.78, 5) is 0. The van der Waals surface area contributed by atoms with Crippen molar-refractivity contribution in [3.8, 4) is 11.1 Å². The van der Waals surface area contributed by atoms with Crippen molar-refractivity contribution >= 4 is 13.6 Å². The van der Waals surface area contributed by atoms with Gasteiger partial charge in [-0.1, -0.05) is 54.6 Å². The predicted molar refractivity (Wildman–Crippen MR) is 65.5 cm³/mol. The molecule has 2 aromatic carbocycles. The maximum atomic E-state index is 3.06. The van der Waals surface area contributed by atoms with Gasteiger partial charge in [-0.15, -0.1) is 0 Å². The van der Waals surface area contributed by atoms with Crippen molar-refractivity contribution in [1.29, 1.82) is 0 Å². The molecule has 0 bridgehead atoms. The van der Waals surface area contributed by atoms with E-state index in [2.05, 4.69) is 69.1 Å². The molecule has 0 aromatic heterocycles. The molecule has 0 N–H and O–H groups in total. The van der Waals surface area contributed by atoms with Crippen LogP contribution >= 0.6 is 13.6 Å². The zero-order valence-electron chi connectivity index (χ0n) is 8.78. The second-order valence-electron chi connectivity index (χ2n) is 3.18. The van der Waals surface area contributed by atoms with E-state index in [4.69, 9.17) is 0 Å². The van der Waals surface area contributed by atoms with Gasteiger partial charge in [-0.25, -0.2) is 0 Å². The van der Waals surface area contributed by atoms with Crippen LogP contribution in [0.3, 0.4) is 0 Å². The van der Waals surface area contributed by atoms with E-state index in [1.807, 2.05) is 6.07 Å². The van der Waals surface area contributed by atoms with Crippen LogP contribution in [0, 0.1) is 6.92 Å². The molecule has 2 rings (SSSR count). The molecule has 0 spiro atoms. The van der Waals surface area contributed by atoms with E-state index < -0.39 is 0 Å². The molecule has 0 saturated carbocycles. The molecular formula is C13H12BrZn. The van der Waals surface area contributed by atoms with Crippen LogP contribution in [-0.4, -0.2) is 0 Å². The first-order valence-electron chi connectivity index (χ1n) is 4.76. The van der Waals surface area contributed by atoms with Crippen molar-refractivity contribution in [1.82, 2.24) is 0 Å². The molecule has 0 aliphatic rings. The van der Waals surface area contributed by atoms with Gasteiger partial charge in [0.05, 0.1) is 0 Å². The average molecular weight is 314 g/mol. The molecule has 2 heteroatoms. The average Bonchev–Trinajstić information content (AvgIpc) is 2.33. The Kier molecular flexibility index (Phi) is 5.82. The first-order chi connectivity index (χ1) is 7.38. The summed E-state index contributed by atoms with van der Waals surface area (Å²) < 4.78 is 0. The third kappa shape index (κ3) is 3.55. The van der Waals surface area contributed by atoms with Crippen molar-refractivity contribution in [3.63, 3.8) is 0 Å². The summed E-state index contributed by atoms with van der Waals surface area (Å²) in [6.45, 7) is 2.14. The molecule has 0 atom stereocenters. The summed E-state index contributed by atoms with van der Waals surface area (Å²) in [6.07, 6.45) is 0. The van der Waals surface area contributed by atoms with Gasteiger partial charge in [-0.2, -0.15) is 0 Å². The molecule has 0 radical (unpaired) electrons. The number of halogens is 1. The third-order valence-electron chi connectivity index (χ3n) is 2.23. The van der Waals surface area contributed by atoms with E-state index in [1.54, 1.807) is 0 Å². The first-order valence-corrected chi connectivity index (χ1v) is 11.7. The van der Waals surface area contributed by atoms with Gasteiger partial charge in [0.25, 0.3) is 0 Å². The molecular weight excluding hydrogens is 301 g/mol. The fourth-order valence-corrected chi connectivity index (χ4v) is 1.51. The Morgan fingerprint density at radius 1 is 0.800 bits per heavy atom. The van der Waals surface area contributed by atoms with Gasteiger partial charge in [-0.3, -0.25) is 0 Å². The van der Waals surface area contributed by atoms with Crippen LogP contribution < -0.4 is 0 Å². The number of hydrogen-bond acceptors (Lipinski definition) is 0. The van der Waals surface area contributed by atoms with Crippen molar-refractivity contribution in [2.24, 2.45) is 0 Å². The van der Waals surface area contributed by atoms with Gasteiger partial charge in [0.2, 0.25) is 0 Å². The molecule has 0 aliphatic carbocycles. The van der Waals surface area contributed by atoms with Crippen molar-refractivity contribution < 1.29 is 16.3 Å². The minimum atomic E-state index is 1.19. The van der Waals surface area contributed by atoms with Crippen LogP contribution in [0.15, 0.2) is 54.6 Å². The van der Waals surface area contributed by atoms with Crippen molar-refractivity contribution in [2.45, 2.75) is 6.92 Å². The molecule has 73 valence electrons. The molecule has 0 fully saturated rings. The molecule has 0 heterocycles. The molecule has 0 nitrogen and oxygen atoms in total. The predicted octanol–water partition coefficient (Wildman–Crippen LogP) is 4.51. The molecule has 0 unspecified atom stereocenters. The molecule has 15 heavy (non-hydrogen) atoms. The van der Waals surface area contributed by atoms with Crippen LogP contribution in [0.5, 0.6) is 0 Å². The Hall–Kier alpha value is -0.457. The van der Waals surface area contributed by atoms with E-state index in [0.717, 1.165) is 0 Å². The van der Waals surface area contributed by atoms with Crippen LogP contribution in [0.4, 0.5) is 0 Å². The monoisotopic (exact) mass is 311 g/mol. The van der Waals surface area contributed by atoms with Crippen LogP contribution in [-0.2, 0) is 16.3 Å². The second-order valence-corrected chi connectivity index (χ2v) is 3.18. The Labute approximate surface area is 108 Å². The van der Waals surface area contributed by atoms with E-state index in [-0.39, 0.29) is 0 Å². The number of hydrogen-bond donors (Lipinski definition) is 0. The van der Waals surface area contributed by atoms with Gasteiger partial charge in [0.1, 0.15) is 0 Å². The Bertz CT molecular complexity index is 398. The van der Waals surface area contributed by atoms with Crippen molar-refractivity contribution in [3.05, 3.63) is 60.2 Å². The van der Waals surface area contributed by atoms with Crippen LogP contribution in [0.25, 0.3) is 11.1 Å². The van der Waals surface area contributed by atoms with Gasteiger partial charge in [0, 0.05) is 0 Å². The summed E-state index contributed by atoms with van der Waals surface area (Å²) >= 11 is 4.25. The summed E-state index contributed by atoms with van der Waals surface area (Å²) in [6, 6.07) is 18.9. The zero-order valence-corrected chi connectivity index (χ0v) is 13.3. The Balaban J connectivity index is 0.000000531. The first kappa shape index (κ1) is 12.6. The zero-order chi connectivity index (χ0) is 11.1. The van der Waals surface area contributed by atoms with Gasteiger partial charge in [0.15, 0.2) is 0 Å². The summed E-state index contributed by atoms with van der Waals surface area (Å²) in [5.41, 5.74) is 3.94. The number of aryl methyl sites for hydroxylation is 1. The Morgan fingerprint density at radius 2 is 1.33 bits per heavy atom. The van der Waals surface area contributed by atoms with Crippen LogP contribution in [0.1, 0.15) is 5.56 Å². The topological polar surface area (TPSA) is 0 Å². The summed E-state index contributed by atoms with van der Waals surface area (Å²) in [7, 11) is 0. The van der Waals surface area contributed by atoms with Gasteiger partial charge < -0.3 is 0 Å². The minimum absolute atomic E-state index is 1.19. The van der Waals surface area contributed by atoms with Gasteiger partial charge >= 0.3 is 30.0 Å². The maximum absolute atomic E-state index is 3.06. The van der Waals surface area contributed by atoms with Crippen LogP contribution in [0.2, 0.25) is 0 Å². The normalized spacial score (nSPS) is 9.07. The molecule has 0 aliphatic heterocycles. The van der Waals surface area contributed by atoms with E-state index in [0.29, 0.717) is 0 Å². The Morgan fingerprint density at radius 3 is 1.93 bits per heavy atom. The van der Waals surface area contributed by atoms with Crippen molar-refractivity contribution in [2.75, 3.05) is 0 Å². The van der Waals surface area contributed by atoms with E-state index in [9.17, 15) is 0 Å². The number of benzene rings is 2. The van der Waals surface area contributed by atoms with Gasteiger partial charge in [-0.05, 0) is 23.6 Å². The van der Waals surface area contributed by atoms with E-state index in [1.165, 1.54) is 33.0 Å².